The van der Waals surface area contributed by atoms with Gasteiger partial charge in [0.1, 0.15) is 5.75 Å². The van der Waals surface area contributed by atoms with E-state index in [0.717, 1.165) is 22.6 Å². The van der Waals surface area contributed by atoms with E-state index < -0.39 is 0 Å². The van der Waals surface area contributed by atoms with Gasteiger partial charge in [-0.25, -0.2) is 0 Å². The number of hydrogen-bond acceptors (Lipinski definition) is 8. The van der Waals surface area contributed by atoms with E-state index in [-0.39, 0.29) is 11.7 Å². The molecule has 0 saturated heterocycles. The van der Waals surface area contributed by atoms with Gasteiger partial charge >= 0.3 is 0 Å². The van der Waals surface area contributed by atoms with Crippen LogP contribution in [0.1, 0.15) is 5.56 Å². The van der Waals surface area contributed by atoms with Crippen LogP contribution in [0.3, 0.4) is 0 Å². The number of nitrogens with one attached hydrogen (secondary N) is 1. The van der Waals surface area contributed by atoms with Crippen LogP contribution in [0.15, 0.2) is 65.8 Å². The number of methoxy groups -OCH3 is 4. The molecule has 37 heavy (non-hydrogen) atoms. The van der Waals surface area contributed by atoms with Crippen LogP contribution in [-0.4, -0.2) is 54.9 Å². The van der Waals surface area contributed by atoms with E-state index in [0.29, 0.717) is 33.9 Å². The van der Waals surface area contributed by atoms with Gasteiger partial charge < -0.3 is 24.3 Å². The van der Waals surface area contributed by atoms with E-state index in [2.05, 4.69) is 15.5 Å². The Labute approximate surface area is 219 Å². The molecular weight excluding hydrogens is 492 g/mol. The number of anilines is 1. The zero-order chi connectivity index (χ0) is 26.4. The summed E-state index contributed by atoms with van der Waals surface area (Å²) in [5.41, 5.74) is 3.39. The Balaban J connectivity index is 1.66. The first-order valence-electron chi connectivity index (χ1n) is 11.4. The van der Waals surface area contributed by atoms with Gasteiger partial charge in [-0.05, 0) is 55.5 Å². The number of hydrogen-bond donors (Lipinski definition) is 1. The number of aryl methyl sites for hydroxylation is 1. The molecule has 9 nitrogen and oxygen atoms in total. The van der Waals surface area contributed by atoms with Crippen LogP contribution in [0, 0.1) is 6.92 Å². The van der Waals surface area contributed by atoms with Crippen LogP contribution in [0.2, 0.25) is 0 Å². The second kappa shape index (κ2) is 11.7. The number of aromatic nitrogens is 3. The zero-order valence-corrected chi connectivity index (χ0v) is 22.1. The van der Waals surface area contributed by atoms with E-state index in [1.807, 2.05) is 47.9 Å². The average Bonchev–Trinajstić information content (AvgIpc) is 3.35. The van der Waals surface area contributed by atoms with Gasteiger partial charge in [0, 0.05) is 16.9 Å². The molecule has 1 N–H and O–H groups in total. The predicted octanol–water partition coefficient (Wildman–Crippen LogP) is 5.01. The average molecular weight is 521 g/mol. The molecule has 0 atom stereocenters. The monoisotopic (exact) mass is 520 g/mol. The number of ether oxygens (including phenoxy) is 4. The maximum atomic E-state index is 12.7. The molecule has 0 bridgehead atoms. The molecule has 0 aliphatic carbocycles. The van der Waals surface area contributed by atoms with Crippen molar-refractivity contribution in [3.05, 3.63) is 66.2 Å². The largest absolute Gasteiger partial charge is 0.497 e. The summed E-state index contributed by atoms with van der Waals surface area (Å²) >= 11 is 1.29. The molecule has 4 rings (SSSR count). The second-order valence-corrected chi connectivity index (χ2v) is 8.90. The van der Waals surface area contributed by atoms with E-state index in [4.69, 9.17) is 18.9 Å². The van der Waals surface area contributed by atoms with Crippen LogP contribution in [0.25, 0.3) is 17.1 Å². The van der Waals surface area contributed by atoms with Crippen LogP contribution in [0.4, 0.5) is 5.69 Å². The lowest BCUT2D eigenvalue weighted by Gasteiger charge is -2.15. The van der Waals surface area contributed by atoms with E-state index in [9.17, 15) is 4.79 Å². The minimum absolute atomic E-state index is 0.144. The van der Waals surface area contributed by atoms with Crippen molar-refractivity contribution >= 4 is 23.4 Å². The molecule has 1 amide bonds. The van der Waals surface area contributed by atoms with Gasteiger partial charge in [0.05, 0.1) is 34.2 Å². The number of nitrogens with zero attached hydrogens (tertiary/aromatic N) is 3. The van der Waals surface area contributed by atoms with Gasteiger partial charge in [0.2, 0.25) is 11.7 Å². The molecule has 0 aliphatic rings. The highest BCUT2D eigenvalue weighted by molar-refractivity contribution is 7.99. The molecule has 0 spiro atoms. The molecule has 1 heterocycles. The van der Waals surface area contributed by atoms with Gasteiger partial charge in [0.15, 0.2) is 22.5 Å². The highest BCUT2D eigenvalue weighted by atomic mass is 32.2. The number of carbonyl (C=O) groups excluding carboxylic acids is 1. The Morgan fingerprint density at radius 3 is 2.08 bits per heavy atom. The van der Waals surface area contributed by atoms with Crippen molar-refractivity contribution in [2.75, 3.05) is 39.5 Å². The van der Waals surface area contributed by atoms with Crippen molar-refractivity contribution < 1.29 is 23.7 Å². The number of amides is 1. The Morgan fingerprint density at radius 2 is 1.51 bits per heavy atom. The number of rotatable bonds is 10. The smallest absolute Gasteiger partial charge is 0.234 e. The van der Waals surface area contributed by atoms with Crippen LogP contribution >= 0.6 is 11.8 Å². The minimum atomic E-state index is -0.164. The Bertz CT molecular complexity index is 1350. The van der Waals surface area contributed by atoms with Gasteiger partial charge in [-0.3, -0.25) is 9.36 Å². The number of thioether (sulfide) groups is 1. The van der Waals surface area contributed by atoms with Crippen LogP contribution in [0.5, 0.6) is 23.0 Å². The molecule has 0 radical (unpaired) electrons. The summed E-state index contributed by atoms with van der Waals surface area (Å²) in [6.45, 7) is 2.02. The second-order valence-electron chi connectivity index (χ2n) is 7.96. The van der Waals surface area contributed by atoms with Gasteiger partial charge in [-0.15, -0.1) is 10.2 Å². The Morgan fingerprint density at radius 1 is 0.865 bits per heavy atom. The SMILES string of the molecule is COc1ccc(NC(=O)CSc2nnc(-c3cc(OC)c(OC)c(OC)c3)n2-c2ccc(C)cc2)cc1. The van der Waals surface area contributed by atoms with Crippen molar-refractivity contribution in [3.63, 3.8) is 0 Å². The van der Waals surface area contributed by atoms with Crippen LogP contribution < -0.4 is 24.3 Å². The molecule has 10 heteroatoms. The fourth-order valence-corrected chi connectivity index (χ4v) is 4.44. The Kier molecular flexibility index (Phi) is 8.19. The highest BCUT2D eigenvalue weighted by Crippen LogP contribution is 2.41. The topological polar surface area (TPSA) is 96.7 Å². The minimum Gasteiger partial charge on any atom is -0.497 e. The highest BCUT2D eigenvalue weighted by Gasteiger charge is 2.21. The van der Waals surface area contributed by atoms with Gasteiger partial charge in [-0.2, -0.15) is 0 Å². The summed E-state index contributed by atoms with van der Waals surface area (Å²) in [5, 5.41) is 12.3. The van der Waals surface area contributed by atoms with Crippen molar-refractivity contribution in [1.82, 2.24) is 14.8 Å². The van der Waals surface area contributed by atoms with Crippen molar-refractivity contribution in [3.8, 4) is 40.1 Å². The van der Waals surface area contributed by atoms with Crippen molar-refractivity contribution in [2.24, 2.45) is 0 Å². The predicted molar refractivity (Wildman–Crippen MR) is 144 cm³/mol. The number of benzene rings is 3. The standard InChI is InChI=1S/C27H28N4O5S/c1-17-6-10-20(11-7-17)31-26(18-14-22(34-3)25(36-5)23(15-18)35-4)29-30-27(31)37-16-24(32)28-19-8-12-21(33-2)13-9-19/h6-15H,16H2,1-5H3,(H,28,32). The fourth-order valence-electron chi connectivity index (χ4n) is 3.69. The lowest BCUT2D eigenvalue weighted by molar-refractivity contribution is -0.113. The molecule has 0 saturated carbocycles. The van der Waals surface area contributed by atoms with Crippen molar-refractivity contribution in [2.45, 2.75) is 12.1 Å². The molecule has 0 unspecified atom stereocenters. The summed E-state index contributed by atoms with van der Waals surface area (Å²) in [7, 11) is 6.28. The first-order valence-corrected chi connectivity index (χ1v) is 12.4. The van der Waals surface area contributed by atoms with E-state index in [1.54, 1.807) is 52.7 Å². The molecule has 1 aromatic heterocycles. The third-order valence-electron chi connectivity index (χ3n) is 5.55. The van der Waals surface area contributed by atoms with E-state index >= 15 is 0 Å². The molecule has 0 fully saturated rings. The fraction of sp³-hybridized carbons (Fsp3) is 0.222. The van der Waals surface area contributed by atoms with Gasteiger partial charge in [-0.1, -0.05) is 29.5 Å². The maximum Gasteiger partial charge on any atom is 0.234 e. The summed E-state index contributed by atoms with van der Waals surface area (Å²) < 4.78 is 23.6. The zero-order valence-electron chi connectivity index (χ0n) is 21.3. The third kappa shape index (κ3) is 5.80. The summed E-state index contributed by atoms with van der Waals surface area (Å²) in [6, 6.07) is 18.8. The third-order valence-corrected chi connectivity index (χ3v) is 6.48. The normalized spacial score (nSPS) is 10.6. The Hall–Kier alpha value is -4.18. The molecule has 4 aromatic rings. The molecule has 192 valence electrons. The summed E-state index contributed by atoms with van der Waals surface area (Å²) in [4.78, 5) is 12.7. The first-order chi connectivity index (χ1) is 18.0. The van der Waals surface area contributed by atoms with Crippen molar-refractivity contribution in [1.29, 1.82) is 0 Å². The lowest BCUT2D eigenvalue weighted by atomic mass is 10.1. The quantitative estimate of drug-likeness (QED) is 0.292. The van der Waals surface area contributed by atoms with E-state index in [1.165, 1.54) is 11.8 Å². The molecule has 3 aromatic carbocycles. The van der Waals surface area contributed by atoms with Gasteiger partial charge in [0.25, 0.3) is 0 Å². The summed E-state index contributed by atoms with van der Waals surface area (Å²) in [6.07, 6.45) is 0. The molecular formula is C27H28N4O5S. The molecule has 0 aliphatic heterocycles. The first kappa shape index (κ1) is 25.9. The maximum absolute atomic E-state index is 12.7. The summed E-state index contributed by atoms with van der Waals surface area (Å²) in [5.74, 6) is 2.76. The lowest BCUT2D eigenvalue weighted by Crippen LogP contribution is -2.14. The van der Waals surface area contributed by atoms with Crippen LogP contribution in [-0.2, 0) is 4.79 Å². The number of carbonyl (C=O) groups is 1.